The van der Waals surface area contributed by atoms with E-state index in [-0.39, 0.29) is 11.9 Å². The van der Waals surface area contributed by atoms with Gasteiger partial charge in [0.15, 0.2) is 0 Å². The van der Waals surface area contributed by atoms with E-state index in [0.29, 0.717) is 30.9 Å². The van der Waals surface area contributed by atoms with Crippen LogP contribution in [0, 0.1) is 13.8 Å². The molecule has 1 fully saturated rings. The molecule has 1 saturated heterocycles. The number of amides is 1. The summed E-state index contributed by atoms with van der Waals surface area (Å²) in [5, 5.41) is 6.65. The third kappa shape index (κ3) is 3.59. The second-order valence-corrected chi connectivity index (χ2v) is 6.66. The maximum atomic E-state index is 13.8. The van der Waals surface area contributed by atoms with Gasteiger partial charge in [0.2, 0.25) is 0 Å². The lowest BCUT2D eigenvalue weighted by Gasteiger charge is -2.23. The number of aromatic nitrogens is 2. The highest BCUT2D eigenvalue weighted by atomic mass is 32.1. The van der Waals surface area contributed by atoms with Crippen LogP contribution in [0.4, 0.5) is 4.39 Å². The third-order valence-corrected chi connectivity index (χ3v) is 5.08. The maximum absolute atomic E-state index is 13.8. The van der Waals surface area contributed by atoms with Crippen molar-refractivity contribution in [3.8, 4) is 0 Å². The Morgan fingerprint density at radius 1 is 1.57 bits per heavy atom. The van der Waals surface area contributed by atoms with Crippen LogP contribution in [0.1, 0.15) is 33.1 Å². The maximum Gasteiger partial charge on any atom is 0.263 e. The Hall–Kier alpha value is -1.80. The average molecular weight is 338 g/mol. The molecule has 2 aromatic rings. The van der Waals surface area contributed by atoms with Crippen LogP contribution in [0.15, 0.2) is 16.2 Å². The van der Waals surface area contributed by atoms with E-state index in [0.717, 1.165) is 17.0 Å². The molecule has 0 aromatic carbocycles. The predicted octanol–water partition coefficient (Wildman–Crippen LogP) is 2.09. The Bertz CT molecular complexity index is 687. The van der Waals surface area contributed by atoms with Crippen molar-refractivity contribution in [3.05, 3.63) is 33.6 Å². The van der Waals surface area contributed by atoms with Gasteiger partial charge in [0.25, 0.3) is 5.91 Å². The minimum atomic E-state index is -0.873. The number of nitrogens with zero attached hydrogens (tertiary/aromatic N) is 3. The highest BCUT2D eigenvalue weighted by molar-refractivity contribution is 7.11. The van der Waals surface area contributed by atoms with Crippen molar-refractivity contribution in [2.24, 2.45) is 0 Å². The van der Waals surface area contributed by atoms with Crippen LogP contribution in [0.5, 0.6) is 0 Å². The first kappa shape index (κ1) is 16.1. The van der Waals surface area contributed by atoms with Crippen LogP contribution >= 0.6 is 11.3 Å². The number of carbonyl (C=O) groups excluding carboxylic acids is 1. The number of likely N-dealkylation sites (tertiary alicyclic amines) is 1. The molecule has 0 unspecified atom stereocenters. The van der Waals surface area contributed by atoms with Gasteiger partial charge in [-0.1, -0.05) is 5.16 Å². The zero-order valence-corrected chi connectivity index (χ0v) is 13.9. The lowest BCUT2D eigenvalue weighted by atomic mass is 10.2. The van der Waals surface area contributed by atoms with E-state index in [9.17, 15) is 9.18 Å². The van der Waals surface area contributed by atoms with Crippen molar-refractivity contribution in [2.45, 2.75) is 39.0 Å². The molecule has 1 aliphatic rings. The summed E-state index contributed by atoms with van der Waals surface area (Å²) in [5.41, 5.74) is 3.33. The minimum absolute atomic E-state index is 0.0310. The van der Waals surface area contributed by atoms with E-state index < -0.39 is 6.17 Å². The molecule has 23 heavy (non-hydrogen) atoms. The highest BCUT2D eigenvalue weighted by Gasteiger charge is 2.33. The van der Waals surface area contributed by atoms with Crippen molar-refractivity contribution < 1.29 is 13.7 Å². The standard InChI is InChI=1S/C15H19FN4O2S/c1-9-14(23-8-18-9)15(21)17-5-13-3-12(16)7-20(13)6-11-4-19-22-10(11)2/h4,8,12-13H,3,5-7H2,1-2H3,(H,17,21)/t12-,13-/m0/s1. The molecule has 6 nitrogen and oxygen atoms in total. The Morgan fingerprint density at radius 3 is 3.04 bits per heavy atom. The summed E-state index contributed by atoms with van der Waals surface area (Å²) < 4.78 is 18.9. The van der Waals surface area contributed by atoms with Gasteiger partial charge in [-0.2, -0.15) is 0 Å². The van der Waals surface area contributed by atoms with Crippen LogP contribution in [0.2, 0.25) is 0 Å². The molecular weight excluding hydrogens is 319 g/mol. The van der Waals surface area contributed by atoms with Gasteiger partial charge in [-0.25, -0.2) is 9.37 Å². The van der Waals surface area contributed by atoms with Crippen LogP contribution in [-0.4, -0.2) is 46.3 Å². The van der Waals surface area contributed by atoms with E-state index in [1.165, 1.54) is 11.3 Å². The molecule has 1 amide bonds. The van der Waals surface area contributed by atoms with Gasteiger partial charge >= 0.3 is 0 Å². The first-order valence-corrected chi connectivity index (χ1v) is 8.39. The predicted molar refractivity (Wildman–Crippen MR) is 84.1 cm³/mol. The van der Waals surface area contributed by atoms with Crippen molar-refractivity contribution in [1.29, 1.82) is 0 Å². The summed E-state index contributed by atoms with van der Waals surface area (Å²) in [6, 6.07) is -0.0310. The zero-order valence-electron chi connectivity index (χ0n) is 13.1. The Labute approximate surface area is 137 Å². The van der Waals surface area contributed by atoms with E-state index in [1.807, 2.05) is 11.8 Å². The van der Waals surface area contributed by atoms with Crippen molar-refractivity contribution >= 4 is 17.2 Å². The third-order valence-electron chi connectivity index (χ3n) is 4.15. The van der Waals surface area contributed by atoms with Crippen LogP contribution in [0.25, 0.3) is 0 Å². The molecule has 0 radical (unpaired) electrons. The molecule has 3 heterocycles. The van der Waals surface area contributed by atoms with Gasteiger partial charge in [0.1, 0.15) is 16.8 Å². The number of halogens is 1. The molecule has 3 rings (SSSR count). The molecule has 1 aliphatic heterocycles. The Morgan fingerprint density at radius 2 is 2.39 bits per heavy atom. The highest BCUT2D eigenvalue weighted by Crippen LogP contribution is 2.23. The van der Waals surface area contributed by atoms with E-state index in [1.54, 1.807) is 18.6 Å². The van der Waals surface area contributed by atoms with Gasteiger partial charge in [-0.15, -0.1) is 11.3 Å². The van der Waals surface area contributed by atoms with Crippen molar-refractivity contribution in [2.75, 3.05) is 13.1 Å². The fourth-order valence-electron chi connectivity index (χ4n) is 2.83. The molecule has 8 heteroatoms. The smallest absolute Gasteiger partial charge is 0.263 e. The largest absolute Gasteiger partial charge is 0.361 e. The summed E-state index contributed by atoms with van der Waals surface area (Å²) >= 11 is 1.32. The van der Waals surface area contributed by atoms with E-state index >= 15 is 0 Å². The molecule has 0 aliphatic carbocycles. The summed E-state index contributed by atoms with van der Waals surface area (Å²) in [4.78, 5) is 18.9. The first-order chi connectivity index (χ1) is 11.0. The summed E-state index contributed by atoms with van der Waals surface area (Å²) in [5.74, 6) is 0.601. The second kappa shape index (κ2) is 6.76. The number of thiazole rings is 1. The number of hydrogen-bond donors (Lipinski definition) is 1. The van der Waals surface area contributed by atoms with Gasteiger partial charge in [-0.3, -0.25) is 9.69 Å². The summed E-state index contributed by atoms with van der Waals surface area (Å²) in [6.45, 7) is 5.01. The SMILES string of the molecule is Cc1ncsc1C(=O)NC[C@@H]1C[C@H](F)CN1Cc1cnoc1C. The second-order valence-electron chi connectivity index (χ2n) is 5.80. The number of aryl methyl sites for hydroxylation is 2. The fraction of sp³-hybridized carbons (Fsp3) is 0.533. The van der Waals surface area contributed by atoms with Crippen molar-refractivity contribution in [3.63, 3.8) is 0 Å². The normalized spacial score (nSPS) is 21.7. The zero-order chi connectivity index (χ0) is 16.4. The van der Waals surface area contributed by atoms with Gasteiger partial charge < -0.3 is 9.84 Å². The van der Waals surface area contributed by atoms with Crippen LogP contribution in [0.3, 0.4) is 0 Å². The van der Waals surface area contributed by atoms with Gasteiger partial charge in [0, 0.05) is 31.2 Å². The Balaban J connectivity index is 1.60. The number of hydrogen-bond acceptors (Lipinski definition) is 6. The van der Waals surface area contributed by atoms with E-state index in [4.69, 9.17) is 4.52 Å². The van der Waals surface area contributed by atoms with Crippen LogP contribution < -0.4 is 5.32 Å². The first-order valence-electron chi connectivity index (χ1n) is 7.51. The van der Waals surface area contributed by atoms with E-state index in [2.05, 4.69) is 15.5 Å². The molecule has 0 spiro atoms. The van der Waals surface area contributed by atoms with Gasteiger partial charge in [0.05, 0.1) is 17.4 Å². The summed E-state index contributed by atoms with van der Waals surface area (Å²) in [6.07, 6.45) is 1.21. The molecule has 2 atom stereocenters. The minimum Gasteiger partial charge on any atom is -0.361 e. The monoisotopic (exact) mass is 338 g/mol. The molecule has 2 aromatic heterocycles. The number of carbonyl (C=O) groups is 1. The fourth-order valence-corrected chi connectivity index (χ4v) is 3.55. The molecule has 124 valence electrons. The number of nitrogens with one attached hydrogen (secondary N) is 1. The average Bonchev–Trinajstić information content (AvgIpc) is 3.19. The quantitative estimate of drug-likeness (QED) is 0.904. The molecular formula is C15H19FN4O2S. The van der Waals surface area contributed by atoms with Crippen molar-refractivity contribution in [1.82, 2.24) is 20.4 Å². The van der Waals surface area contributed by atoms with Gasteiger partial charge in [-0.05, 0) is 20.3 Å². The molecule has 0 bridgehead atoms. The number of rotatable bonds is 5. The topological polar surface area (TPSA) is 71.3 Å². The molecule has 0 saturated carbocycles. The summed E-state index contributed by atoms with van der Waals surface area (Å²) in [7, 11) is 0. The molecule has 1 N–H and O–H groups in total. The Kier molecular flexibility index (Phi) is 4.72. The lowest BCUT2D eigenvalue weighted by Crippen LogP contribution is -2.39. The number of alkyl halides is 1. The van der Waals surface area contributed by atoms with Crippen LogP contribution in [-0.2, 0) is 6.54 Å². The lowest BCUT2D eigenvalue weighted by molar-refractivity contribution is 0.0943.